The van der Waals surface area contributed by atoms with Crippen molar-refractivity contribution < 1.29 is 12.9 Å². The molecule has 2 atom stereocenters. The zero-order chi connectivity index (χ0) is 13.3. The maximum Gasteiger partial charge on any atom is 0.246 e. The first kappa shape index (κ1) is 14.0. The van der Waals surface area contributed by atoms with Crippen LogP contribution >= 0.6 is 15.9 Å². The minimum atomic E-state index is -3.55. The van der Waals surface area contributed by atoms with Crippen LogP contribution in [0.15, 0.2) is 9.42 Å². The first-order valence-corrected chi connectivity index (χ1v) is 8.41. The summed E-state index contributed by atoms with van der Waals surface area (Å²) in [4.78, 5) is 0.370. The van der Waals surface area contributed by atoms with Crippen LogP contribution in [0.5, 0.6) is 0 Å². The third kappa shape index (κ3) is 2.78. The van der Waals surface area contributed by atoms with E-state index in [1.165, 1.54) is 0 Å². The van der Waals surface area contributed by atoms with Gasteiger partial charge in [0.15, 0.2) is 5.76 Å². The fourth-order valence-electron chi connectivity index (χ4n) is 2.33. The molecule has 1 aliphatic rings. The molecule has 7 heteroatoms. The highest BCUT2D eigenvalue weighted by molar-refractivity contribution is 9.09. The summed E-state index contributed by atoms with van der Waals surface area (Å²) in [6.07, 6.45) is 4.05. The van der Waals surface area contributed by atoms with Crippen molar-refractivity contribution in [1.82, 2.24) is 9.88 Å². The molecule has 18 heavy (non-hydrogen) atoms. The Balaban J connectivity index is 2.22. The molecule has 2 rings (SSSR count). The Kier molecular flexibility index (Phi) is 4.13. The summed E-state index contributed by atoms with van der Waals surface area (Å²) in [6.45, 7) is 3.25. The monoisotopic (exact) mass is 336 g/mol. The molecule has 0 aromatic carbocycles. The van der Waals surface area contributed by atoms with Gasteiger partial charge in [0.2, 0.25) is 10.0 Å². The van der Waals surface area contributed by atoms with Crippen molar-refractivity contribution in [3.05, 3.63) is 11.5 Å². The van der Waals surface area contributed by atoms with Crippen molar-refractivity contribution in [3.63, 3.8) is 0 Å². The van der Waals surface area contributed by atoms with Crippen molar-refractivity contribution in [3.8, 4) is 0 Å². The summed E-state index contributed by atoms with van der Waals surface area (Å²) < 4.78 is 32.3. The Morgan fingerprint density at radius 1 is 1.33 bits per heavy atom. The second-order valence-electron chi connectivity index (χ2n) is 4.68. The molecule has 1 aromatic heterocycles. The van der Waals surface area contributed by atoms with E-state index in [2.05, 4.69) is 25.8 Å². The average molecular weight is 337 g/mol. The van der Waals surface area contributed by atoms with Gasteiger partial charge in [0.05, 0.1) is 0 Å². The van der Waals surface area contributed by atoms with Crippen LogP contribution in [0.2, 0.25) is 0 Å². The molecule has 1 N–H and O–H groups in total. The summed E-state index contributed by atoms with van der Waals surface area (Å²) in [5.74, 6) is 0.335. The maximum absolute atomic E-state index is 12.3. The van der Waals surface area contributed by atoms with Gasteiger partial charge < -0.3 is 4.52 Å². The van der Waals surface area contributed by atoms with Gasteiger partial charge in [0.1, 0.15) is 10.6 Å². The van der Waals surface area contributed by atoms with Crippen molar-refractivity contribution in [2.75, 3.05) is 0 Å². The van der Waals surface area contributed by atoms with E-state index in [0.29, 0.717) is 11.5 Å². The lowest BCUT2D eigenvalue weighted by atomic mass is 9.96. The molecule has 0 saturated heterocycles. The number of hydrogen-bond donors (Lipinski definition) is 1. The van der Waals surface area contributed by atoms with E-state index in [1.807, 2.05) is 0 Å². The van der Waals surface area contributed by atoms with Crippen molar-refractivity contribution in [1.29, 1.82) is 0 Å². The summed E-state index contributed by atoms with van der Waals surface area (Å²) in [6, 6.07) is -0.0579. The summed E-state index contributed by atoms with van der Waals surface area (Å²) in [5.41, 5.74) is 0.405. The van der Waals surface area contributed by atoms with E-state index >= 15 is 0 Å². The van der Waals surface area contributed by atoms with Crippen LogP contribution in [0.25, 0.3) is 0 Å². The molecule has 1 saturated carbocycles. The van der Waals surface area contributed by atoms with Gasteiger partial charge in [-0.15, -0.1) is 0 Å². The largest absolute Gasteiger partial charge is 0.360 e. The van der Waals surface area contributed by atoms with Crippen LogP contribution in [-0.2, 0) is 10.0 Å². The number of hydrogen-bond acceptors (Lipinski definition) is 4. The summed E-state index contributed by atoms with van der Waals surface area (Å²) in [5, 5.41) is 3.69. The van der Waals surface area contributed by atoms with Crippen LogP contribution in [0.1, 0.15) is 37.1 Å². The van der Waals surface area contributed by atoms with Crippen molar-refractivity contribution in [2.45, 2.75) is 55.3 Å². The molecule has 0 bridgehead atoms. The average Bonchev–Trinajstić information content (AvgIpc) is 2.62. The Morgan fingerprint density at radius 3 is 2.56 bits per heavy atom. The Morgan fingerprint density at radius 2 is 2.00 bits per heavy atom. The van der Waals surface area contributed by atoms with Crippen molar-refractivity contribution >= 4 is 26.0 Å². The van der Waals surface area contributed by atoms with Gasteiger partial charge in [-0.05, 0) is 26.7 Å². The number of sulfonamides is 1. The predicted molar refractivity (Wildman–Crippen MR) is 71.3 cm³/mol. The molecule has 0 spiro atoms. The van der Waals surface area contributed by atoms with Crippen LogP contribution in [0.3, 0.4) is 0 Å². The molecule has 1 aliphatic carbocycles. The molecule has 1 heterocycles. The third-order valence-electron chi connectivity index (χ3n) is 3.22. The lowest BCUT2D eigenvalue weighted by molar-refractivity contribution is 0.390. The number of nitrogens with one attached hydrogen (secondary N) is 1. The molecule has 0 amide bonds. The number of aryl methyl sites for hydroxylation is 2. The SMILES string of the molecule is Cc1noc(C)c1S(=O)(=O)NC1CCCCC1Br. The quantitative estimate of drug-likeness (QED) is 0.859. The highest BCUT2D eigenvalue weighted by Crippen LogP contribution is 2.27. The van der Waals surface area contributed by atoms with Crippen LogP contribution in [0, 0.1) is 13.8 Å². The molecule has 1 fully saturated rings. The number of rotatable bonds is 3. The molecule has 102 valence electrons. The molecular formula is C11H17BrN2O3S. The van der Waals surface area contributed by atoms with Gasteiger partial charge in [0.25, 0.3) is 0 Å². The third-order valence-corrected chi connectivity index (χ3v) is 6.05. The Labute approximate surface area is 115 Å². The molecule has 2 unspecified atom stereocenters. The van der Waals surface area contributed by atoms with Crippen LogP contribution < -0.4 is 4.72 Å². The van der Waals surface area contributed by atoms with Crippen LogP contribution in [0.4, 0.5) is 0 Å². The van der Waals surface area contributed by atoms with Gasteiger partial charge in [-0.25, -0.2) is 13.1 Å². The van der Waals surface area contributed by atoms with Gasteiger partial charge in [-0.3, -0.25) is 0 Å². The topological polar surface area (TPSA) is 72.2 Å². The van der Waals surface area contributed by atoms with E-state index in [4.69, 9.17) is 4.52 Å². The minimum absolute atomic E-state index is 0.0579. The molecular weight excluding hydrogens is 320 g/mol. The van der Waals surface area contributed by atoms with E-state index in [1.54, 1.807) is 13.8 Å². The summed E-state index contributed by atoms with van der Waals surface area (Å²) in [7, 11) is -3.55. The van der Waals surface area contributed by atoms with Crippen LogP contribution in [-0.4, -0.2) is 24.4 Å². The van der Waals surface area contributed by atoms with Gasteiger partial charge in [-0.2, -0.15) is 0 Å². The van der Waals surface area contributed by atoms with E-state index < -0.39 is 10.0 Å². The van der Waals surface area contributed by atoms with E-state index in [9.17, 15) is 8.42 Å². The number of aromatic nitrogens is 1. The van der Waals surface area contributed by atoms with E-state index in [0.717, 1.165) is 25.7 Å². The fraction of sp³-hybridized carbons (Fsp3) is 0.727. The molecule has 0 aliphatic heterocycles. The maximum atomic E-state index is 12.3. The molecule has 0 radical (unpaired) electrons. The van der Waals surface area contributed by atoms with Gasteiger partial charge in [-0.1, -0.05) is 33.9 Å². The van der Waals surface area contributed by atoms with E-state index in [-0.39, 0.29) is 15.8 Å². The normalized spacial score (nSPS) is 25.3. The predicted octanol–water partition coefficient (Wildman–Crippen LogP) is 2.28. The standard InChI is InChI=1S/C11H17BrN2O3S/c1-7-11(8(2)17-13-7)18(15,16)14-10-6-4-3-5-9(10)12/h9-10,14H,3-6H2,1-2H3. The number of alkyl halides is 1. The number of nitrogens with zero attached hydrogens (tertiary/aromatic N) is 1. The lowest BCUT2D eigenvalue weighted by Crippen LogP contribution is -2.42. The lowest BCUT2D eigenvalue weighted by Gasteiger charge is -2.27. The van der Waals surface area contributed by atoms with Gasteiger partial charge in [0, 0.05) is 10.9 Å². The summed E-state index contributed by atoms with van der Waals surface area (Å²) >= 11 is 3.54. The van der Waals surface area contributed by atoms with Gasteiger partial charge >= 0.3 is 0 Å². The fourth-order valence-corrected chi connectivity index (χ4v) is 4.87. The molecule has 5 nitrogen and oxygen atoms in total. The Bertz CT molecular complexity index is 507. The smallest absolute Gasteiger partial charge is 0.246 e. The second-order valence-corrected chi connectivity index (χ2v) is 7.51. The highest BCUT2D eigenvalue weighted by Gasteiger charge is 2.31. The second kappa shape index (κ2) is 5.30. The van der Waals surface area contributed by atoms with Crippen molar-refractivity contribution in [2.24, 2.45) is 0 Å². The zero-order valence-corrected chi connectivity index (χ0v) is 12.8. The number of halogens is 1. The first-order chi connectivity index (χ1) is 8.42. The highest BCUT2D eigenvalue weighted by atomic mass is 79.9. The molecule has 1 aromatic rings. The minimum Gasteiger partial charge on any atom is -0.360 e. The first-order valence-electron chi connectivity index (χ1n) is 6.01. The Hall–Kier alpha value is -0.400. The zero-order valence-electron chi connectivity index (χ0n) is 10.4.